The van der Waals surface area contributed by atoms with E-state index < -0.39 is 43.7 Å². The maximum atomic E-state index is 14.8. The molecule has 2 unspecified atom stereocenters. The maximum absolute atomic E-state index is 14.8. The number of rotatable bonds is 12. The molecule has 0 aliphatic carbocycles. The summed E-state index contributed by atoms with van der Waals surface area (Å²) in [5.74, 6) is -5.79. The van der Waals surface area contributed by atoms with Crippen LogP contribution >= 0.6 is 7.75 Å². The molecule has 6 rings (SSSR count). The quantitative estimate of drug-likeness (QED) is 0.0746. The number of esters is 1. The van der Waals surface area contributed by atoms with E-state index in [1.807, 2.05) is 0 Å². The molecule has 0 saturated heterocycles. The minimum Gasteiger partial charge on any atom is -0.462 e. The summed E-state index contributed by atoms with van der Waals surface area (Å²) in [6, 6.07) is 16.7. The van der Waals surface area contributed by atoms with Gasteiger partial charge >= 0.3 is 25.8 Å². The Morgan fingerprint density at radius 2 is 1.71 bits per heavy atom. The Morgan fingerprint density at radius 3 is 2.35 bits per heavy atom. The first-order valence-corrected chi connectivity index (χ1v) is 16.8. The topological polar surface area (TPSA) is 143 Å². The number of pyridine rings is 2. The number of alkyl halides is 5. The Morgan fingerprint density at radius 1 is 0.980 bits per heavy atom. The molecule has 0 fully saturated rings. The van der Waals surface area contributed by atoms with Crippen molar-refractivity contribution in [1.29, 1.82) is 0 Å². The highest BCUT2D eigenvalue weighted by molar-refractivity contribution is 7.52. The molecule has 6 aromatic rings. The molecule has 51 heavy (non-hydrogen) atoms. The summed E-state index contributed by atoms with van der Waals surface area (Å²) in [5.41, 5.74) is -0.736. The Balaban J connectivity index is 1.34. The number of benzene rings is 2. The van der Waals surface area contributed by atoms with Crippen LogP contribution in [-0.4, -0.2) is 48.9 Å². The van der Waals surface area contributed by atoms with Crippen LogP contribution in [0.3, 0.4) is 0 Å². The van der Waals surface area contributed by atoms with Crippen LogP contribution < -0.4 is 9.61 Å². The summed E-state index contributed by atoms with van der Waals surface area (Å²) < 4.78 is 107. The third-order valence-corrected chi connectivity index (χ3v) is 8.97. The summed E-state index contributed by atoms with van der Waals surface area (Å²) in [4.78, 5) is 20.5. The summed E-state index contributed by atoms with van der Waals surface area (Å²) in [6.07, 6.45) is -3.97. The molecular weight excluding hydrogens is 702 g/mol. The van der Waals surface area contributed by atoms with Gasteiger partial charge in [0.25, 0.3) is 5.89 Å². The number of ether oxygens (including phenoxy) is 1. The van der Waals surface area contributed by atoms with Gasteiger partial charge in [-0.2, -0.15) is 27.0 Å². The van der Waals surface area contributed by atoms with E-state index >= 15 is 0 Å². The molecule has 0 bridgehead atoms. The zero-order valence-electron chi connectivity index (χ0n) is 27.0. The number of imidazole rings is 1. The van der Waals surface area contributed by atoms with Crippen LogP contribution in [0.15, 0.2) is 89.8 Å². The summed E-state index contributed by atoms with van der Waals surface area (Å²) in [7, 11) is -4.22. The van der Waals surface area contributed by atoms with E-state index in [0.29, 0.717) is 11.6 Å². The largest absolute Gasteiger partial charge is 0.462 e. The Hall–Kier alpha value is -5.25. The third kappa shape index (κ3) is 7.60. The molecule has 18 heteroatoms. The van der Waals surface area contributed by atoms with Gasteiger partial charge in [0.1, 0.15) is 34.5 Å². The molecule has 0 aliphatic heterocycles. The van der Waals surface area contributed by atoms with Crippen molar-refractivity contribution in [3.05, 3.63) is 96.6 Å². The van der Waals surface area contributed by atoms with E-state index in [2.05, 4.69) is 25.3 Å². The number of nitrogens with zero attached hydrogens (tertiary/aromatic N) is 5. The van der Waals surface area contributed by atoms with E-state index in [0.717, 1.165) is 6.39 Å². The maximum Gasteiger partial charge on any atom is 0.459 e. The first-order valence-electron chi connectivity index (χ1n) is 15.2. The molecule has 2 atom stereocenters. The van der Waals surface area contributed by atoms with E-state index in [9.17, 15) is 31.3 Å². The summed E-state index contributed by atoms with van der Waals surface area (Å²) >= 11 is 0. The standard InChI is InChI=1S/C33H28F5N6O6P/c1-19(2)49-31(45)20(3)43-51(46,50-23-7-5-4-6-8-23)48-17-21-9-11-22(12-10-21)25-15-27(32(34,35)33(36,37)38)41-29-24(25)13-14-28-40-26(16-44(28)29)30-42-39-18-47-30/h4-16,18-20H,17H2,1-3H3,(H,43,46). The fourth-order valence-electron chi connectivity index (χ4n) is 4.94. The van der Waals surface area contributed by atoms with Gasteiger partial charge in [0, 0.05) is 11.6 Å². The van der Waals surface area contributed by atoms with E-state index in [-0.39, 0.29) is 51.7 Å². The fraction of sp³-hybridized carbons (Fsp3) is 0.242. The molecule has 0 amide bonds. The molecule has 0 radical (unpaired) electrons. The number of nitrogens with one attached hydrogen (secondary N) is 1. The van der Waals surface area contributed by atoms with Gasteiger partial charge < -0.3 is 13.7 Å². The second-order valence-corrected chi connectivity index (χ2v) is 13.2. The van der Waals surface area contributed by atoms with Gasteiger partial charge in [-0.05, 0) is 67.8 Å². The molecular formula is C33H28F5N6O6P. The smallest absolute Gasteiger partial charge is 0.459 e. The first-order chi connectivity index (χ1) is 24.1. The highest BCUT2D eigenvalue weighted by Crippen LogP contribution is 2.47. The van der Waals surface area contributed by atoms with Gasteiger partial charge in [-0.1, -0.05) is 42.5 Å². The van der Waals surface area contributed by atoms with Crippen LogP contribution in [0.2, 0.25) is 0 Å². The Labute approximate surface area is 286 Å². The lowest BCUT2D eigenvalue weighted by Gasteiger charge is -2.23. The fourth-order valence-corrected chi connectivity index (χ4v) is 6.41. The minimum atomic E-state index is -5.93. The van der Waals surface area contributed by atoms with Crippen molar-refractivity contribution in [3.63, 3.8) is 0 Å². The highest BCUT2D eigenvalue weighted by atomic mass is 31.2. The van der Waals surface area contributed by atoms with Crippen LogP contribution in [0.1, 0.15) is 32.0 Å². The van der Waals surface area contributed by atoms with Crippen molar-refractivity contribution in [2.24, 2.45) is 0 Å². The minimum absolute atomic E-state index is 0.000482. The molecule has 12 nitrogen and oxygen atoms in total. The average Bonchev–Trinajstić information content (AvgIpc) is 3.78. The van der Waals surface area contributed by atoms with Crippen molar-refractivity contribution < 1.29 is 49.5 Å². The molecule has 0 aliphatic rings. The summed E-state index contributed by atoms with van der Waals surface area (Å²) in [5, 5.41) is 10.2. The van der Waals surface area contributed by atoms with E-state index in [1.165, 1.54) is 53.9 Å². The number of aromatic nitrogens is 5. The number of hydrogen-bond donors (Lipinski definition) is 1. The van der Waals surface area contributed by atoms with Gasteiger partial charge in [0.05, 0.1) is 12.7 Å². The molecule has 0 spiro atoms. The molecule has 4 aromatic heterocycles. The Kier molecular flexibility index (Phi) is 9.63. The average molecular weight is 731 g/mol. The number of fused-ring (bicyclic) bond motifs is 3. The van der Waals surface area contributed by atoms with Crippen molar-refractivity contribution in [2.45, 2.75) is 51.6 Å². The first kappa shape index (κ1) is 35.6. The second kappa shape index (κ2) is 13.8. The van der Waals surface area contributed by atoms with Gasteiger partial charge in [-0.3, -0.25) is 13.7 Å². The zero-order valence-corrected chi connectivity index (χ0v) is 27.9. The van der Waals surface area contributed by atoms with Crippen LogP contribution in [-0.2, 0) is 31.1 Å². The lowest BCUT2D eigenvalue weighted by atomic mass is 9.99. The number of carbonyl (C=O) groups is 1. The molecule has 1 N–H and O–H groups in total. The van der Waals surface area contributed by atoms with Gasteiger partial charge in [0.2, 0.25) is 6.39 Å². The van der Waals surface area contributed by atoms with Gasteiger partial charge in [0.15, 0.2) is 0 Å². The molecule has 4 heterocycles. The highest BCUT2D eigenvalue weighted by Gasteiger charge is 2.60. The SMILES string of the molecule is CC(C)OC(=O)C(C)NP(=O)(OCc1ccc(-c2cc(C(F)(F)C(F)(F)F)nc3c2ccc2nc(-c4nnco4)cn23)cc1)Oc1ccccc1. The predicted molar refractivity (Wildman–Crippen MR) is 172 cm³/mol. The second-order valence-electron chi connectivity index (χ2n) is 11.5. The van der Waals surface area contributed by atoms with Crippen LogP contribution in [0.5, 0.6) is 5.75 Å². The third-order valence-electron chi connectivity index (χ3n) is 7.35. The zero-order chi connectivity index (χ0) is 36.6. The van der Waals surface area contributed by atoms with Gasteiger partial charge in [-0.25, -0.2) is 14.5 Å². The Bertz CT molecular complexity index is 2210. The lowest BCUT2D eigenvalue weighted by Crippen LogP contribution is -2.36. The van der Waals surface area contributed by atoms with Crippen LogP contribution in [0, 0.1) is 0 Å². The van der Waals surface area contributed by atoms with Crippen LogP contribution in [0.4, 0.5) is 22.0 Å². The van der Waals surface area contributed by atoms with E-state index in [1.54, 1.807) is 44.2 Å². The number of halogens is 5. The van der Waals surface area contributed by atoms with E-state index in [4.69, 9.17) is 18.2 Å². The van der Waals surface area contributed by atoms with Crippen LogP contribution in [0.25, 0.3) is 39.4 Å². The normalized spacial score (nSPS) is 14.1. The number of hydrogen-bond acceptors (Lipinski definition) is 10. The van der Waals surface area contributed by atoms with Crippen molar-refractivity contribution in [3.8, 4) is 28.5 Å². The van der Waals surface area contributed by atoms with Crippen molar-refractivity contribution >= 4 is 30.4 Å². The monoisotopic (exact) mass is 730 g/mol. The van der Waals surface area contributed by atoms with Crippen molar-refractivity contribution in [2.75, 3.05) is 0 Å². The molecule has 266 valence electrons. The van der Waals surface area contributed by atoms with Gasteiger partial charge in [-0.15, -0.1) is 10.2 Å². The molecule has 2 aromatic carbocycles. The number of para-hydroxylation sites is 1. The summed E-state index contributed by atoms with van der Waals surface area (Å²) in [6.45, 7) is 4.44. The molecule has 0 saturated carbocycles. The predicted octanol–water partition coefficient (Wildman–Crippen LogP) is 7.89. The van der Waals surface area contributed by atoms with Crippen molar-refractivity contribution in [1.82, 2.24) is 29.7 Å². The lowest BCUT2D eigenvalue weighted by molar-refractivity contribution is -0.290. The number of carbonyl (C=O) groups excluding carboxylic acids is 1.